The fraction of sp³-hybridized carbons (Fsp3) is 0.308. The highest BCUT2D eigenvalue weighted by Crippen LogP contribution is 2.36. The van der Waals surface area contributed by atoms with Crippen molar-refractivity contribution in [1.82, 2.24) is 0 Å². The Labute approximate surface area is 111 Å². The van der Waals surface area contributed by atoms with Crippen molar-refractivity contribution >= 4 is 23.6 Å². The number of ether oxygens (including phenoxy) is 2. The summed E-state index contributed by atoms with van der Waals surface area (Å²) in [4.78, 5) is 10.8. The van der Waals surface area contributed by atoms with Gasteiger partial charge in [-0.15, -0.1) is 0 Å². The van der Waals surface area contributed by atoms with E-state index >= 15 is 0 Å². The normalized spacial score (nSPS) is 11.2. The molecule has 1 N–H and O–H groups in total. The summed E-state index contributed by atoms with van der Waals surface area (Å²) in [6, 6.07) is 3.33. The summed E-state index contributed by atoms with van der Waals surface area (Å²) < 4.78 is 10.5. The van der Waals surface area contributed by atoms with E-state index in [1.807, 2.05) is 6.92 Å². The van der Waals surface area contributed by atoms with Crippen LogP contribution >= 0.6 is 11.6 Å². The topological polar surface area (TPSA) is 55.8 Å². The molecule has 18 heavy (non-hydrogen) atoms. The Morgan fingerprint density at radius 2 is 2.17 bits per heavy atom. The number of halogens is 1. The predicted octanol–water partition coefficient (Wildman–Crippen LogP) is 3.24. The molecule has 0 aliphatic rings. The highest BCUT2D eigenvalue weighted by Gasteiger charge is 2.11. The summed E-state index contributed by atoms with van der Waals surface area (Å²) in [5, 5.41) is 9.21. The highest BCUT2D eigenvalue weighted by molar-refractivity contribution is 6.32. The van der Waals surface area contributed by atoms with E-state index in [9.17, 15) is 4.79 Å². The van der Waals surface area contributed by atoms with E-state index in [4.69, 9.17) is 26.2 Å². The minimum absolute atomic E-state index is 0.221. The fourth-order valence-electron chi connectivity index (χ4n) is 1.44. The van der Waals surface area contributed by atoms with Gasteiger partial charge in [-0.3, -0.25) is 0 Å². The number of benzene rings is 1. The van der Waals surface area contributed by atoms with Crippen LogP contribution in [0.4, 0.5) is 0 Å². The molecule has 0 radical (unpaired) electrons. The molecule has 0 fully saturated rings. The van der Waals surface area contributed by atoms with Crippen LogP contribution in [0.5, 0.6) is 11.5 Å². The van der Waals surface area contributed by atoms with Gasteiger partial charge in [-0.2, -0.15) is 0 Å². The van der Waals surface area contributed by atoms with Crippen molar-refractivity contribution in [2.24, 2.45) is 0 Å². The quantitative estimate of drug-likeness (QED) is 0.835. The Morgan fingerprint density at radius 1 is 1.50 bits per heavy atom. The lowest BCUT2D eigenvalue weighted by Gasteiger charge is -2.12. The number of carbonyl (C=O) groups is 1. The first-order chi connectivity index (χ1) is 8.49. The molecule has 5 heteroatoms. The van der Waals surface area contributed by atoms with Gasteiger partial charge in [-0.25, -0.2) is 4.79 Å². The third-order valence-corrected chi connectivity index (χ3v) is 2.54. The number of hydrogen-bond acceptors (Lipinski definition) is 3. The maximum absolute atomic E-state index is 10.8. The van der Waals surface area contributed by atoms with Crippen LogP contribution in [0, 0.1) is 0 Å². The molecule has 0 saturated heterocycles. The highest BCUT2D eigenvalue weighted by atomic mass is 35.5. The Morgan fingerprint density at radius 3 is 2.67 bits per heavy atom. The molecule has 1 aromatic rings. The van der Waals surface area contributed by atoms with Crippen LogP contribution in [-0.4, -0.2) is 24.8 Å². The van der Waals surface area contributed by atoms with Gasteiger partial charge < -0.3 is 14.6 Å². The Balaban J connectivity index is 3.24. The second kappa shape index (κ2) is 6.31. The number of carboxylic acid groups (broad SMARTS) is 1. The fourth-order valence-corrected chi connectivity index (χ4v) is 1.74. The lowest BCUT2D eigenvalue weighted by Crippen LogP contribution is -1.98. The maximum atomic E-state index is 10.8. The number of methoxy groups -OCH3 is 1. The third kappa shape index (κ3) is 3.40. The molecule has 0 unspecified atom stereocenters. The zero-order valence-electron chi connectivity index (χ0n) is 10.5. The van der Waals surface area contributed by atoms with Crippen molar-refractivity contribution in [2.45, 2.75) is 13.8 Å². The molecule has 98 valence electrons. The summed E-state index contributed by atoms with van der Waals surface area (Å²) in [5.41, 5.74) is 0.878. The van der Waals surface area contributed by atoms with Crippen LogP contribution in [0.1, 0.15) is 19.4 Å². The molecule has 0 bridgehead atoms. The smallest absolute Gasteiger partial charge is 0.331 e. The molecule has 4 nitrogen and oxygen atoms in total. The molecule has 0 spiro atoms. The van der Waals surface area contributed by atoms with Gasteiger partial charge >= 0.3 is 5.97 Å². The molecule has 0 atom stereocenters. The summed E-state index contributed by atoms with van der Waals surface area (Å²) in [5.74, 6) is -0.0273. The summed E-state index contributed by atoms with van der Waals surface area (Å²) in [6.45, 7) is 3.83. The van der Waals surface area contributed by atoms with Gasteiger partial charge in [0.15, 0.2) is 11.5 Å². The molecule has 0 aliphatic heterocycles. The van der Waals surface area contributed by atoms with Gasteiger partial charge in [0.05, 0.1) is 18.7 Å². The Bertz CT molecular complexity index is 480. The lowest BCUT2D eigenvalue weighted by molar-refractivity contribution is -0.132. The second-order valence-electron chi connectivity index (χ2n) is 3.60. The number of rotatable bonds is 5. The van der Waals surface area contributed by atoms with E-state index in [0.29, 0.717) is 28.7 Å². The largest absolute Gasteiger partial charge is 0.491 e. The first-order valence-electron chi connectivity index (χ1n) is 5.41. The Kier molecular flexibility index (Phi) is 5.04. The van der Waals surface area contributed by atoms with Crippen molar-refractivity contribution in [3.63, 3.8) is 0 Å². The molecular formula is C13H15ClO4. The zero-order chi connectivity index (χ0) is 13.7. The average Bonchev–Trinajstić information content (AvgIpc) is 2.29. The van der Waals surface area contributed by atoms with Crippen LogP contribution in [-0.2, 0) is 4.79 Å². The third-order valence-electron chi connectivity index (χ3n) is 2.26. The number of aliphatic carboxylic acids is 1. The van der Waals surface area contributed by atoms with Gasteiger partial charge in [-0.1, -0.05) is 11.6 Å². The van der Waals surface area contributed by atoms with Crippen LogP contribution < -0.4 is 9.47 Å². The van der Waals surface area contributed by atoms with E-state index in [0.717, 1.165) is 0 Å². The van der Waals surface area contributed by atoms with E-state index in [1.54, 1.807) is 12.1 Å². The van der Waals surface area contributed by atoms with Crippen molar-refractivity contribution in [1.29, 1.82) is 0 Å². The number of hydrogen-bond donors (Lipinski definition) is 1. The summed E-state index contributed by atoms with van der Waals surface area (Å²) in [6.07, 6.45) is 1.52. The van der Waals surface area contributed by atoms with Gasteiger partial charge in [0.2, 0.25) is 0 Å². The summed E-state index contributed by atoms with van der Waals surface area (Å²) >= 11 is 6.05. The van der Waals surface area contributed by atoms with E-state index in [2.05, 4.69) is 0 Å². The molecule has 1 aromatic carbocycles. The zero-order valence-corrected chi connectivity index (χ0v) is 11.2. The minimum Gasteiger partial charge on any atom is -0.491 e. The SMILES string of the molecule is CCOc1cc(C=C(C)C(=O)O)cc(Cl)c1OC. The first kappa shape index (κ1) is 14.4. The summed E-state index contributed by atoms with van der Waals surface area (Å²) in [7, 11) is 1.50. The lowest BCUT2D eigenvalue weighted by atomic mass is 10.1. The van der Waals surface area contributed by atoms with Gasteiger partial charge in [0, 0.05) is 5.57 Å². The van der Waals surface area contributed by atoms with Gasteiger partial charge in [0.25, 0.3) is 0 Å². The van der Waals surface area contributed by atoms with E-state index < -0.39 is 5.97 Å². The monoisotopic (exact) mass is 270 g/mol. The Hall–Kier alpha value is -1.68. The molecular weight excluding hydrogens is 256 g/mol. The average molecular weight is 271 g/mol. The van der Waals surface area contributed by atoms with Crippen LogP contribution in [0.15, 0.2) is 17.7 Å². The van der Waals surface area contributed by atoms with Gasteiger partial charge in [0.1, 0.15) is 0 Å². The standard InChI is InChI=1S/C13H15ClO4/c1-4-18-11-7-9(5-8(2)13(15)16)6-10(14)12(11)17-3/h5-7H,4H2,1-3H3,(H,15,16). The second-order valence-corrected chi connectivity index (χ2v) is 4.01. The minimum atomic E-state index is -0.972. The van der Waals surface area contributed by atoms with Crippen LogP contribution in [0.3, 0.4) is 0 Å². The maximum Gasteiger partial charge on any atom is 0.331 e. The van der Waals surface area contributed by atoms with Crippen molar-refractivity contribution < 1.29 is 19.4 Å². The molecule has 0 amide bonds. The van der Waals surface area contributed by atoms with Crippen LogP contribution in [0.2, 0.25) is 5.02 Å². The molecule has 0 heterocycles. The molecule has 0 saturated carbocycles. The molecule has 1 rings (SSSR count). The number of carboxylic acids is 1. The van der Waals surface area contributed by atoms with Crippen molar-refractivity contribution in [3.05, 3.63) is 28.3 Å². The van der Waals surface area contributed by atoms with E-state index in [1.165, 1.54) is 20.1 Å². The van der Waals surface area contributed by atoms with Gasteiger partial charge in [-0.05, 0) is 37.6 Å². The predicted molar refractivity (Wildman–Crippen MR) is 70.5 cm³/mol. The van der Waals surface area contributed by atoms with Crippen molar-refractivity contribution in [2.75, 3.05) is 13.7 Å². The molecule has 0 aromatic heterocycles. The van der Waals surface area contributed by atoms with Crippen LogP contribution in [0.25, 0.3) is 6.08 Å². The first-order valence-corrected chi connectivity index (χ1v) is 5.79. The van der Waals surface area contributed by atoms with E-state index in [-0.39, 0.29) is 5.57 Å². The van der Waals surface area contributed by atoms with Crippen molar-refractivity contribution in [3.8, 4) is 11.5 Å². The molecule has 0 aliphatic carbocycles.